The Morgan fingerprint density at radius 1 is 1.15 bits per heavy atom. The fourth-order valence-electron chi connectivity index (χ4n) is 2.01. The van der Waals surface area contributed by atoms with Crippen molar-refractivity contribution in [1.29, 1.82) is 0 Å². The number of ether oxygens (including phenoxy) is 2. The number of carboxylic acids is 1. The maximum Gasteiger partial charge on any atom is 0.344 e. The normalized spacial score (nSPS) is 10.9. The highest BCUT2D eigenvalue weighted by Crippen LogP contribution is 2.23. The molecule has 7 nitrogen and oxygen atoms in total. The predicted molar refractivity (Wildman–Crippen MR) is 95.5 cm³/mol. The Morgan fingerprint density at radius 2 is 1.85 bits per heavy atom. The highest BCUT2D eigenvalue weighted by molar-refractivity contribution is 5.92. The monoisotopic (exact) mass is 357 g/mol. The molecule has 0 aromatic heterocycles. The molecule has 0 bridgehead atoms. The minimum absolute atomic E-state index is 0.170. The van der Waals surface area contributed by atoms with Crippen LogP contribution in [0.5, 0.6) is 11.5 Å². The molecule has 0 spiro atoms. The lowest BCUT2D eigenvalue weighted by Gasteiger charge is -2.09. The summed E-state index contributed by atoms with van der Waals surface area (Å²) in [5, 5.41) is 18.5. The molecule has 7 heteroatoms. The number of carbonyl (C=O) groups is 2. The van der Waals surface area contributed by atoms with Gasteiger partial charge < -0.3 is 19.7 Å². The molecule has 0 unspecified atom stereocenters. The summed E-state index contributed by atoms with van der Waals surface area (Å²) >= 11 is 0. The van der Waals surface area contributed by atoms with Crippen LogP contribution < -0.4 is 4.74 Å². The molecule has 0 saturated carbocycles. The van der Waals surface area contributed by atoms with Crippen LogP contribution >= 0.6 is 0 Å². The van der Waals surface area contributed by atoms with E-state index >= 15 is 0 Å². The van der Waals surface area contributed by atoms with Gasteiger partial charge in [-0.05, 0) is 61.9 Å². The number of carboxylic acid groups (broad SMARTS) is 1. The van der Waals surface area contributed by atoms with E-state index < -0.39 is 11.9 Å². The number of phenols is 1. The van der Waals surface area contributed by atoms with Gasteiger partial charge in [-0.15, -0.1) is 0 Å². The van der Waals surface area contributed by atoms with E-state index in [0.717, 1.165) is 5.56 Å². The van der Waals surface area contributed by atoms with Gasteiger partial charge in [0.1, 0.15) is 17.1 Å². The lowest BCUT2D eigenvalue weighted by Crippen LogP contribution is -2.18. The maximum atomic E-state index is 11.4. The first-order valence-corrected chi connectivity index (χ1v) is 7.88. The summed E-state index contributed by atoms with van der Waals surface area (Å²) in [7, 11) is 0. The molecular formula is C19H19NO6. The Morgan fingerprint density at radius 3 is 2.46 bits per heavy atom. The van der Waals surface area contributed by atoms with E-state index in [1.165, 1.54) is 18.2 Å². The van der Waals surface area contributed by atoms with Crippen molar-refractivity contribution in [3.8, 4) is 11.5 Å². The van der Waals surface area contributed by atoms with Crippen LogP contribution in [0.1, 0.15) is 29.8 Å². The molecule has 0 atom stereocenters. The molecule has 2 N–H and O–H groups in total. The molecule has 0 amide bonds. The van der Waals surface area contributed by atoms with Gasteiger partial charge in [-0.25, -0.2) is 9.59 Å². The fourth-order valence-corrected chi connectivity index (χ4v) is 2.01. The first-order valence-electron chi connectivity index (χ1n) is 7.88. The van der Waals surface area contributed by atoms with Crippen molar-refractivity contribution in [2.24, 2.45) is 4.99 Å². The van der Waals surface area contributed by atoms with Crippen molar-refractivity contribution in [1.82, 2.24) is 0 Å². The van der Waals surface area contributed by atoms with E-state index in [1.807, 2.05) is 0 Å². The molecule has 0 heterocycles. The SMILES string of the molecule is CC(C)OC(=O)COc1ccc(C=Nc2ccc(O)c(C(=O)O)c2)cc1. The van der Waals surface area contributed by atoms with Crippen molar-refractivity contribution in [2.45, 2.75) is 20.0 Å². The Balaban J connectivity index is 1.98. The second-order valence-electron chi connectivity index (χ2n) is 5.66. The van der Waals surface area contributed by atoms with Crippen LogP contribution in [-0.4, -0.2) is 41.1 Å². The summed E-state index contributed by atoms with van der Waals surface area (Å²) in [6.45, 7) is 3.36. The third-order valence-electron chi connectivity index (χ3n) is 3.18. The first kappa shape index (κ1) is 19.0. The molecule has 26 heavy (non-hydrogen) atoms. The number of esters is 1. The summed E-state index contributed by atoms with van der Waals surface area (Å²) in [4.78, 5) is 26.6. The van der Waals surface area contributed by atoms with Gasteiger partial charge in [0.25, 0.3) is 0 Å². The van der Waals surface area contributed by atoms with Crippen LogP contribution in [-0.2, 0) is 9.53 Å². The highest BCUT2D eigenvalue weighted by atomic mass is 16.6. The molecule has 0 aliphatic rings. The standard InChI is InChI=1S/C19H19NO6/c1-12(2)26-18(22)11-25-15-6-3-13(4-7-15)10-20-14-5-8-17(21)16(9-14)19(23)24/h3-10,12,21H,11H2,1-2H3,(H,23,24). The quantitative estimate of drug-likeness (QED) is 0.582. The van der Waals surface area contributed by atoms with Gasteiger partial charge in [0, 0.05) is 6.21 Å². The number of hydrogen-bond acceptors (Lipinski definition) is 6. The van der Waals surface area contributed by atoms with Gasteiger partial charge >= 0.3 is 11.9 Å². The summed E-state index contributed by atoms with van der Waals surface area (Å²) in [5.41, 5.74) is 0.945. The topological polar surface area (TPSA) is 105 Å². The van der Waals surface area contributed by atoms with E-state index in [1.54, 1.807) is 44.3 Å². The van der Waals surface area contributed by atoms with Gasteiger partial charge in [-0.2, -0.15) is 0 Å². The average Bonchev–Trinajstić information content (AvgIpc) is 2.59. The molecule has 0 aliphatic heterocycles. The van der Waals surface area contributed by atoms with E-state index in [-0.39, 0.29) is 24.0 Å². The van der Waals surface area contributed by atoms with Crippen LogP contribution in [0, 0.1) is 0 Å². The summed E-state index contributed by atoms with van der Waals surface area (Å²) in [6.07, 6.45) is 1.36. The Kier molecular flexibility index (Phi) is 6.32. The molecule has 0 saturated heterocycles. The third-order valence-corrected chi connectivity index (χ3v) is 3.18. The highest BCUT2D eigenvalue weighted by Gasteiger charge is 2.09. The number of carbonyl (C=O) groups excluding carboxylic acids is 1. The number of aliphatic imine (C=N–C) groups is 1. The smallest absolute Gasteiger partial charge is 0.344 e. The zero-order valence-corrected chi connectivity index (χ0v) is 14.4. The Bertz CT molecular complexity index is 811. The number of benzene rings is 2. The molecular weight excluding hydrogens is 338 g/mol. The third kappa shape index (κ3) is 5.62. The van der Waals surface area contributed by atoms with Crippen LogP contribution in [0.25, 0.3) is 0 Å². The van der Waals surface area contributed by atoms with Gasteiger partial charge in [0.15, 0.2) is 6.61 Å². The van der Waals surface area contributed by atoms with E-state index in [2.05, 4.69) is 4.99 Å². The second-order valence-corrected chi connectivity index (χ2v) is 5.66. The van der Waals surface area contributed by atoms with Crippen molar-refractivity contribution in [2.75, 3.05) is 6.61 Å². The number of rotatable bonds is 7. The molecule has 136 valence electrons. The lowest BCUT2D eigenvalue weighted by molar-refractivity contribution is -0.149. The molecule has 2 aromatic carbocycles. The average molecular weight is 357 g/mol. The number of nitrogens with zero attached hydrogens (tertiary/aromatic N) is 1. The van der Waals surface area contributed by atoms with Crippen molar-refractivity contribution < 1.29 is 29.3 Å². The second kappa shape index (κ2) is 8.66. The first-order chi connectivity index (χ1) is 12.3. The molecule has 0 aliphatic carbocycles. The summed E-state index contributed by atoms with van der Waals surface area (Å²) < 4.78 is 10.3. The van der Waals surface area contributed by atoms with E-state index in [9.17, 15) is 14.7 Å². The zero-order chi connectivity index (χ0) is 19.1. The van der Waals surface area contributed by atoms with Crippen LogP contribution in [0.15, 0.2) is 47.5 Å². The molecule has 2 rings (SSSR count). The largest absolute Gasteiger partial charge is 0.507 e. The van der Waals surface area contributed by atoms with Crippen molar-refractivity contribution in [3.05, 3.63) is 53.6 Å². The zero-order valence-electron chi connectivity index (χ0n) is 14.4. The molecule has 0 fully saturated rings. The van der Waals surface area contributed by atoms with Crippen LogP contribution in [0.2, 0.25) is 0 Å². The Labute approximate surface area is 150 Å². The predicted octanol–water partition coefficient (Wildman–Crippen LogP) is 3.17. The van der Waals surface area contributed by atoms with Crippen molar-refractivity contribution >= 4 is 23.8 Å². The molecule has 0 radical (unpaired) electrons. The lowest BCUT2D eigenvalue weighted by atomic mass is 10.2. The van der Waals surface area contributed by atoms with E-state index in [4.69, 9.17) is 14.6 Å². The van der Waals surface area contributed by atoms with Gasteiger partial charge in [-0.1, -0.05) is 0 Å². The van der Waals surface area contributed by atoms with Gasteiger partial charge in [0.05, 0.1) is 11.8 Å². The van der Waals surface area contributed by atoms with Crippen molar-refractivity contribution in [3.63, 3.8) is 0 Å². The van der Waals surface area contributed by atoms with Gasteiger partial charge in [0.2, 0.25) is 0 Å². The number of hydrogen-bond donors (Lipinski definition) is 2. The minimum atomic E-state index is -1.22. The van der Waals surface area contributed by atoms with Crippen LogP contribution in [0.3, 0.4) is 0 Å². The summed E-state index contributed by atoms with van der Waals surface area (Å²) in [5.74, 6) is -1.46. The van der Waals surface area contributed by atoms with Crippen LogP contribution in [0.4, 0.5) is 5.69 Å². The molecule has 2 aromatic rings. The minimum Gasteiger partial charge on any atom is -0.507 e. The maximum absolute atomic E-state index is 11.4. The van der Waals surface area contributed by atoms with E-state index in [0.29, 0.717) is 11.4 Å². The summed E-state index contributed by atoms with van der Waals surface area (Å²) in [6, 6.07) is 10.9. The number of aromatic hydroxyl groups is 1. The number of aromatic carboxylic acids is 1. The Hall–Kier alpha value is -3.35. The fraction of sp³-hybridized carbons (Fsp3) is 0.211. The van der Waals surface area contributed by atoms with Gasteiger partial charge in [-0.3, -0.25) is 4.99 Å².